The van der Waals surface area contributed by atoms with Gasteiger partial charge in [-0.3, -0.25) is 10.1 Å². The zero-order valence-electron chi connectivity index (χ0n) is 16.1. The molecule has 1 amide bonds. The van der Waals surface area contributed by atoms with Gasteiger partial charge in [-0.25, -0.2) is 4.99 Å². The Kier molecular flexibility index (Phi) is 7.72. The fourth-order valence-electron chi connectivity index (χ4n) is 2.76. The zero-order valence-corrected chi connectivity index (χ0v) is 16.1. The number of nitrogens with zero attached hydrogens (tertiary/aromatic N) is 2. The number of carbonyl (C=O) groups is 1. The van der Waals surface area contributed by atoms with Crippen LogP contribution in [-0.2, 0) is 4.74 Å². The highest BCUT2D eigenvalue weighted by molar-refractivity contribution is 6.04. The van der Waals surface area contributed by atoms with Gasteiger partial charge in [0.1, 0.15) is 0 Å². The minimum Gasteiger partial charge on any atom is -0.468 e. The van der Waals surface area contributed by atoms with Crippen molar-refractivity contribution in [2.24, 2.45) is 4.99 Å². The Bertz CT molecular complexity index is 629. The van der Waals surface area contributed by atoms with Crippen LogP contribution in [-0.4, -0.2) is 56.4 Å². The van der Waals surface area contributed by atoms with Crippen LogP contribution in [0.4, 0.5) is 0 Å². The Morgan fingerprint density at radius 1 is 1.31 bits per heavy atom. The third kappa shape index (κ3) is 5.62. The highest BCUT2D eigenvalue weighted by Gasteiger charge is 2.17. The van der Waals surface area contributed by atoms with Gasteiger partial charge in [-0.1, -0.05) is 13.8 Å². The number of methoxy groups -OCH3 is 1. The van der Waals surface area contributed by atoms with Crippen molar-refractivity contribution in [3.63, 3.8) is 0 Å². The Morgan fingerprint density at radius 3 is 2.73 bits per heavy atom. The monoisotopic (exact) mass is 363 g/mol. The molecule has 0 unspecified atom stereocenters. The molecular formula is C19H29N3O4. The van der Waals surface area contributed by atoms with Gasteiger partial charge < -0.3 is 19.1 Å². The van der Waals surface area contributed by atoms with E-state index in [2.05, 4.69) is 29.1 Å². The number of rotatable bonds is 8. The van der Waals surface area contributed by atoms with Gasteiger partial charge in [-0.15, -0.1) is 0 Å². The smallest absolute Gasteiger partial charge is 0.291 e. The predicted molar refractivity (Wildman–Crippen MR) is 101 cm³/mol. The molecule has 0 saturated carbocycles. The lowest BCUT2D eigenvalue weighted by molar-refractivity contribution is 0.0967. The highest BCUT2D eigenvalue weighted by atomic mass is 16.7. The van der Waals surface area contributed by atoms with Gasteiger partial charge in [-0.2, -0.15) is 0 Å². The van der Waals surface area contributed by atoms with Crippen LogP contribution < -0.4 is 14.8 Å². The average molecular weight is 363 g/mol. The van der Waals surface area contributed by atoms with E-state index in [-0.39, 0.29) is 24.8 Å². The molecule has 0 aromatic heterocycles. The summed E-state index contributed by atoms with van der Waals surface area (Å²) in [5, 5.41) is 2.71. The third-order valence-corrected chi connectivity index (χ3v) is 4.38. The van der Waals surface area contributed by atoms with E-state index >= 15 is 0 Å². The Balaban J connectivity index is 1.88. The van der Waals surface area contributed by atoms with Gasteiger partial charge in [0.25, 0.3) is 11.9 Å². The highest BCUT2D eigenvalue weighted by Crippen LogP contribution is 2.32. The Hall–Kier alpha value is -2.28. The van der Waals surface area contributed by atoms with Gasteiger partial charge in [-0.05, 0) is 57.6 Å². The summed E-state index contributed by atoms with van der Waals surface area (Å²) in [4.78, 5) is 19.3. The first-order chi connectivity index (χ1) is 12.6. The number of amidine groups is 1. The molecule has 7 heteroatoms. The van der Waals surface area contributed by atoms with E-state index in [1.54, 1.807) is 18.2 Å². The standard InChI is InChI=1S/C19H29N3O4/c1-5-22(6-2)11-7-8-14(3)20-19(24-4)21-18(23)15-9-10-16-17(12-15)26-13-25-16/h9-10,12,14H,5-8,11,13H2,1-4H3,(H,20,21,23)/t14-/m1/s1. The van der Waals surface area contributed by atoms with Gasteiger partial charge in [0.2, 0.25) is 6.79 Å². The van der Waals surface area contributed by atoms with Crippen LogP contribution in [0.2, 0.25) is 0 Å². The number of nitrogens with one attached hydrogen (secondary N) is 1. The molecule has 2 rings (SSSR count). The SMILES string of the molecule is CCN(CC)CCC[C@@H](C)N=C(NC(=O)c1ccc2c(c1)OCO2)OC. The summed E-state index contributed by atoms with van der Waals surface area (Å²) in [6.45, 7) is 9.70. The Morgan fingerprint density at radius 2 is 2.04 bits per heavy atom. The summed E-state index contributed by atoms with van der Waals surface area (Å²) < 4.78 is 15.8. The summed E-state index contributed by atoms with van der Waals surface area (Å²) in [5.41, 5.74) is 0.466. The molecule has 1 atom stereocenters. The third-order valence-electron chi connectivity index (χ3n) is 4.38. The maximum atomic E-state index is 12.4. The van der Waals surface area contributed by atoms with Crippen LogP contribution in [0.25, 0.3) is 0 Å². The van der Waals surface area contributed by atoms with Crippen LogP contribution >= 0.6 is 0 Å². The number of hydrogen-bond donors (Lipinski definition) is 1. The Labute approximate surface area is 155 Å². The van der Waals surface area contributed by atoms with Crippen LogP contribution in [0.3, 0.4) is 0 Å². The molecule has 7 nitrogen and oxygen atoms in total. The lowest BCUT2D eigenvalue weighted by Gasteiger charge is -2.18. The molecule has 0 saturated heterocycles. The van der Waals surface area contributed by atoms with Crippen molar-refractivity contribution in [3.8, 4) is 11.5 Å². The van der Waals surface area contributed by atoms with Crippen LogP contribution in [0.5, 0.6) is 11.5 Å². The van der Waals surface area contributed by atoms with Crippen LogP contribution in [0.1, 0.15) is 44.0 Å². The molecule has 0 spiro atoms. The van der Waals surface area contributed by atoms with Gasteiger partial charge in [0, 0.05) is 5.56 Å². The molecule has 1 aromatic rings. The largest absolute Gasteiger partial charge is 0.468 e. The summed E-state index contributed by atoms with van der Waals surface area (Å²) in [6, 6.07) is 5.35. The van der Waals surface area contributed by atoms with Gasteiger partial charge in [0.05, 0.1) is 13.2 Å². The van der Waals surface area contributed by atoms with Crippen molar-refractivity contribution in [1.29, 1.82) is 0 Å². The van der Waals surface area contributed by atoms with Crippen LogP contribution in [0, 0.1) is 0 Å². The second-order valence-corrected chi connectivity index (χ2v) is 6.18. The number of amides is 1. The second kappa shape index (κ2) is 10.0. The first kappa shape index (κ1) is 20.0. The van der Waals surface area contributed by atoms with E-state index in [9.17, 15) is 4.79 Å². The number of fused-ring (bicyclic) bond motifs is 1. The zero-order chi connectivity index (χ0) is 18.9. The molecular weight excluding hydrogens is 334 g/mol. The van der Waals surface area contributed by atoms with Crippen molar-refractivity contribution < 1.29 is 19.0 Å². The van der Waals surface area contributed by atoms with Crippen molar-refractivity contribution in [3.05, 3.63) is 23.8 Å². The minimum atomic E-state index is -0.292. The number of aliphatic imine (C=N–C) groups is 1. The van der Waals surface area contributed by atoms with Crippen molar-refractivity contribution in [1.82, 2.24) is 10.2 Å². The molecule has 0 bridgehead atoms. The van der Waals surface area contributed by atoms with E-state index in [1.807, 2.05) is 6.92 Å². The molecule has 26 heavy (non-hydrogen) atoms. The average Bonchev–Trinajstić information content (AvgIpc) is 3.12. The van der Waals surface area contributed by atoms with E-state index in [4.69, 9.17) is 14.2 Å². The fourth-order valence-corrected chi connectivity index (χ4v) is 2.76. The summed E-state index contributed by atoms with van der Waals surface area (Å²) in [6.07, 6.45) is 1.99. The quantitative estimate of drug-likeness (QED) is 0.568. The van der Waals surface area contributed by atoms with Gasteiger partial charge in [0.15, 0.2) is 11.5 Å². The predicted octanol–water partition coefficient (Wildman–Crippen LogP) is 2.66. The second-order valence-electron chi connectivity index (χ2n) is 6.18. The van der Waals surface area contributed by atoms with Gasteiger partial charge >= 0.3 is 0 Å². The maximum absolute atomic E-state index is 12.4. The number of carbonyl (C=O) groups excluding carboxylic acids is 1. The van der Waals surface area contributed by atoms with Crippen molar-refractivity contribution in [2.45, 2.75) is 39.7 Å². The summed E-state index contributed by atoms with van der Waals surface area (Å²) in [7, 11) is 1.50. The lowest BCUT2D eigenvalue weighted by Crippen LogP contribution is -2.32. The normalized spacial score (nSPS) is 14.4. The van der Waals surface area contributed by atoms with Crippen molar-refractivity contribution >= 4 is 11.9 Å². The first-order valence-corrected chi connectivity index (χ1v) is 9.12. The fraction of sp³-hybridized carbons (Fsp3) is 0.579. The van der Waals surface area contributed by atoms with E-state index in [0.717, 1.165) is 32.5 Å². The molecule has 1 aliphatic heterocycles. The van der Waals surface area contributed by atoms with Crippen molar-refractivity contribution in [2.75, 3.05) is 33.5 Å². The van der Waals surface area contributed by atoms with Crippen LogP contribution in [0.15, 0.2) is 23.2 Å². The molecule has 0 aliphatic carbocycles. The van der Waals surface area contributed by atoms with E-state index in [1.165, 1.54) is 7.11 Å². The summed E-state index contributed by atoms with van der Waals surface area (Å²) >= 11 is 0. The lowest BCUT2D eigenvalue weighted by atomic mass is 10.2. The molecule has 1 aliphatic rings. The first-order valence-electron chi connectivity index (χ1n) is 9.12. The number of ether oxygens (including phenoxy) is 3. The van der Waals surface area contributed by atoms with E-state index < -0.39 is 0 Å². The number of benzene rings is 1. The molecule has 1 aromatic carbocycles. The molecule has 0 fully saturated rings. The topological polar surface area (TPSA) is 72.4 Å². The minimum absolute atomic E-state index is 0.0672. The van der Waals surface area contributed by atoms with E-state index in [0.29, 0.717) is 17.1 Å². The maximum Gasteiger partial charge on any atom is 0.291 e. The molecule has 0 radical (unpaired) electrons. The molecule has 144 valence electrons. The summed E-state index contributed by atoms with van der Waals surface area (Å²) in [5.74, 6) is 0.918. The number of hydrogen-bond acceptors (Lipinski definition) is 6. The molecule has 1 N–H and O–H groups in total. The molecule has 1 heterocycles.